The van der Waals surface area contributed by atoms with Crippen molar-refractivity contribution in [3.8, 4) is 0 Å². The van der Waals surface area contributed by atoms with E-state index in [0.29, 0.717) is 0 Å². The van der Waals surface area contributed by atoms with Crippen LogP contribution in [0.3, 0.4) is 0 Å². The molecule has 3 aromatic carbocycles. The molecule has 0 aromatic heterocycles. The first-order chi connectivity index (χ1) is 20.0. The van der Waals surface area contributed by atoms with E-state index < -0.39 is 28.5 Å². The quantitative estimate of drug-likeness (QED) is 0.245. The second kappa shape index (κ2) is 14.7. The predicted octanol–water partition coefficient (Wildman–Crippen LogP) is 6.61. The molecule has 42 heavy (non-hydrogen) atoms. The highest BCUT2D eigenvalue weighted by atomic mass is 79.9. The van der Waals surface area contributed by atoms with Crippen molar-refractivity contribution in [3.05, 3.63) is 98.4 Å². The average Bonchev–Trinajstić information content (AvgIpc) is 2.93. The molecular formula is C31H34BrCl2N3O4S. The zero-order valence-corrected chi connectivity index (χ0v) is 27.2. The Morgan fingerprint density at radius 2 is 1.57 bits per heavy atom. The third kappa shape index (κ3) is 9.20. The normalized spacial score (nSPS) is 14.7. The molecule has 0 heterocycles. The zero-order chi connectivity index (χ0) is 30.3. The first-order valence-corrected chi connectivity index (χ1v) is 17.2. The molecule has 1 N–H and O–H groups in total. The van der Waals surface area contributed by atoms with Gasteiger partial charge in [-0.3, -0.25) is 13.9 Å². The number of sulfonamides is 1. The molecule has 3 aromatic rings. The second-order valence-electron chi connectivity index (χ2n) is 10.6. The lowest BCUT2D eigenvalue weighted by Gasteiger charge is -2.35. The number of hydrogen-bond donors (Lipinski definition) is 1. The van der Waals surface area contributed by atoms with Gasteiger partial charge < -0.3 is 10.2 Å². The van der Waals surface area contributed by atoms with Gasteiger partial charge in [0.05, 0.1) is 11.9 Å². The molecule has 1 atom stereocenters. The highest BCUT2D eigenvalue weighted by molar-refractivity contribution is 9.10. The van der Waals surface area contributed by atoms with E-state index >= 15 is 0 Å². The van der Waals surface area contributed by atoms with E-state index in [4.69, 9.17) is 23.2 Å². The van der Waals surface area contributed by atoms with E-state index in [1.54, 1.807) is 0 Å². The van der Waals surface area contributed by atoms with Crippen LogP contribution in [0.15, 0.2) is 77.3 Å². The molecule has 0 radical (unpaired) electrons. The molecule has 224 valence electrons. The summed E-state index contributed by atoms with van der Waals surface area (Å²) >= 11 is 15.9. The molecule has 1 saturated carbocycles. The number of anilines is 1. The fourth-order valence-corrected chi connectivity index (χ4v) is 7.02. The topological polar surface area (TPSA) is 86.8 Å². The van der Waals surface area contributed by atoms with Gasteiger partial charge in [0.1, 0.15) is 12.6 Å². The van der Waals surface area contributed by atoms with Gasteiger partial charge in [-0.25, -0.2) is 8.42 Å². The van der Waals surface area contributed by atoms with Crippen molar-refractivity contribution in [3.63, 3.8) is 0 Å². The number of nitrogens with one attached hydrogen (secondary N) is 1. The molecule has 0 spiro atoms. The van der Waals surface area contributed by atoms with Gasteiger partial charge >= 0.3 is 0 Å². The van der Waals surface area contributed by atoms with Crippen molar-refractivity contribution in [2.75, 3.05) is 17.1 Å². The maximum Gasteiger partial charge on any atom is 0.244 e. The number of benzene rings is 3. The summed E-state index contributed by atoms with van der Waals surface area (Å²) in [5.41, 5.74) is 1.84. The van der Waals surface area contributed by atoms with Crippen LogP contribution in [0.4, 0.5) is 5.69 Å². The maximum absolute atomic E-state index is 14.2. The second-order valence-corrected chi connectivity index (χ2v) is 14.3. The lowest BCUT2D eigenvalue weighted by molar-refractivity contribution is -0.140. The minimum atomic E-state index is -3.93. The lowest BCUT2D eigenvalue weighted by Crippen LogP contribution is -2.55. The monoisotopic (exact) mass is 693 g/mol. The number of amides is 2. The Bertz CT molecular complexity index is 1480. The summed E-state index contributed by atoms with van der Waals surface area (Å²) in [7, 11) is -3.93. The predicted molar refractivity (Wildman–Crippen MR) is 172 cm³/mol. The van der Waals surface area contributed by atoms with E-state index in [1.807, 2.05) is 54.6 Å². The van der Waals surface area contributed by atoms with Crippen molar-refractivity contribution in [2.45, 2.75) is 57.2 Å². The van der Waals surface area contributed by atoms with E-state index in [1.165, 1.54) is 23.1 Å². The van der Waals surface area contributed by atoms with Crippen molar-refractivity contribution < 1.29 is 18.0 Å². The van der Waals surface area contributed by atoms with E-state index in [9.17, 15) is 18.0 Å². The van der Waals surface area contributed by atoms with Crippen LogP contribution in [0.2, 0.25) is 10.0 Å². The Balaban J connectivity index is 1.73. The summed E-state index contributed by atoms with van der Waals surface area (Å²) < 4.78 is 27.7. The van der Waals surface area contributed by atoms with Gasteiger partial charge in [0.2, 0.25) is 21.8 Å². The minimum Gasteiger partial charge on any atom is -0.352 e. The van der Waals surface area contributed by atoms with E-state index in [0.717, 1.165) is 58.3 Å². The van der Waals surface area contributed by atoms with Crippen LogP contribution in [-0.4, -0.2) is 50.0 Å². The smallest absolute Gasteiger partial charge is 0.244 e. The summed E-state index contributed by atoms with van der Waals surface area (Å²) in [6.45, 7) is -0.437. The summed E-state index contributed by atoms with van der Waals surface area (Å²) in [4.78, 5) is 29.7. The average molecular weight is 696 g/mol. The van der Waals surface area contributed by atoms with Crippen LogP contribution >= 0.6 is 39.1 Å². The minimum absolute atomic E-state index is 0.0356. The largest absolute Gasteiger partial charge is 0.352 e. The van der Waals surface area contributed by atoms with Gasteiger partial charge in [0.25, 0.3) is 0 Å². The number of carbonyl (C=O) groups is 2. The number of nitrogens with zero attached hydrogens (tertiary/aromatic N) is 2. The van der Waals surface area contributed by atoms with Crippen molar-refractivity contribution in [2.24, 2.45) is 0 Å². The highest BCUT2D eigenvalue weighted by Crippen LogP contribution is 2.28. The molecule has 0 saturated heterocycles. The number of halogens is 3. The summed E-state index contributed by atoms with van der Waals surface area (Å²) in [5, 5.41) is 3.66. The number of carbonyl (C=O) groups excluding carboxylic acids is 2. The Morgan fingerprint density at radius 3 is 2.19 bits per heavy atom. The third-order valence-electron chi connectivity index (χ3n) is 7.28. The molecule has 7 nitrogen and oxygen atoms in total. The van der Waals surface area contributed by atoms with Gasteiger partial charge in [-0.1, -0.05) is 101 Å². The van der Waals surface area contributed by atoms with Gasteiger partial charge in [-0.05, 0) is 54.3 Å². The number of rotatable bonds is 11. The van der Waals surface area contributed by atoms with Crippen molar-refractivity contribution in [1.29, 1.82) is 0 Å². The Hall–Kier alpha value is -2.59. The molecule has 1 aliphatic carbocycles. The van der Waals surface area contributed by atoms with Gasteiger partial charge in [0, 0.05) is 33.5 Å². The van der Waals surface area contributed by atoms with Crippen molar-refractivity contribution in [1.82, 2.24) is 10.2 Å². The third-order valence-corrected chi connectivity index (χ3v) is 9.35. The Kier molecular flexibility index (Phi) is 11.3. The van der Waals surface area contributed by atoms with Crippen LogP contribution in [0.5, 0.6) is 0 Å². The van der Waals surface area contributed by atoms with E-state index in [-0.39, 0.29) is 40.6 Å². The molecule has 4 rings (SSSR count). The molecule has 0 bridgehead atoms. The van der Waals surface area contributed by atoms with Crippen LogP contribution in [0, 0.1) is 0 Å². The molecular weight excluding hydrogens is 661 g/mol. The fourth-order valence-electron chi connectivity index (χ4n) is 5.23. The van der Waals surface area contributed by atoms with Crippen molar-refractivity contribution >= 4 is 66.7 Å². The van der Waals surface area contributed by atoms with Gasteiger partial charge in [-0.15, -0.1) is 0 Å². The zero-order valence-electron chi connectivity index (χ0n) is 23.3. The van der Waals surface area contributed by atoms with Crippen LogP contribution in [0.1, 0.15) is 43.2 Å². The first-order valence-electron chi connectivity index (χ1n) is 13.8. The summed E-state index contributed by atoms with van der Waals surface area (Å²) in [6.07, 6.45) is 6.29. The molecule has 0 aliphatic heterocycles. The SMILES string of the molecule is CS(=O)(=O)N(CC(=O)N(Cc1cccc(Br)c1)[C@@H](Cc1ccccc1)C(=O)NC1CCCCC1)c1cc(Cl)cc(Cl)c1. The van der Waals surface area contributed by atoms with Crippen LogP contribution in [-0.2, 0) is 32.6 Å². The first kappa shape index (κ1) is 32.3. The molecule has 2 amide bonds. The van der Waals surface area contributed by atoms with Gasteiger partial charge in [-0.2, -0.15) is 0 Å². The van der Waals surface area contributed by atoms with Crippen LogP contribution in [0.25, 0.3) is 0 Å². The van der Waals surface area contributed by atoms with E-state index in [2.05, 4.69) is 21.2 Å². The molecule has 1 fully saturated rings. The standard InChI is InChI=1S/C31H34BrCl2N3O4S/c1-42(40,41)37(28-18-25(33)17-26(34)19-28)21-30(38)36(20-23-11-8-12-24(32)15-23)29(16-22-9-4-2-5-10-22)31(39)35-27-13-6-3-7-14-27/h2,4-5,8-12,15,17-19,27,29H,3,6-7,13-14,16,20-21H2,1H3,(H,35,39)/t29-/m0/s1. The molecule has 0 unspecified atom stereocenters. The highest BCUT2D eigenvalue weighted by Gasteiger charge is 2.34. The van der Waals surface area contributed by atoms with Crippen LogP contribution < -0.4 is 9.62 Å². The maximum atomic E-state index is 14.2. The summed E-state index contributed by atoms with van der Waals surface area (Å²) in [5.74, 6) is -0.790. The summed E-state index contributed by atoms with van der Waals surface area (Å²) in [6, 6.07) is 20.5. The Labute approximate surface area is 266 Å². The molecule has 11 heteroatoms. The lowest BCUT2D eigenvalue weighted by atomic mass is 9.94. The Morgan fingerprint density at radius 1 is 0.929 bits per heavy atom. The fraction of sp³-hybridized carbons (Fsp3) is 0.355. The van der Waals surface area contributed by atoms with Gasteiger partial charge in [0.15, 0.2) is 0 Å². The molecule has 1 aliphatic rings. The number of hydrogen-bond acceptors (Lipinski definition) is 4.